The molecule has 0 aliphatic heterocycles. The molecule has 1 amide bonds. The van der Waals surface area contributed by atoms with Crippen molar-refractivity contribution >= 4 is 12.0 Å². The number of likely N-dealkylation sites (N-methyl/N-ethyl adjacent to an activating group) is 1. The predicted molar refractivity (Wildman–Crippen MR) is 109 cm³/mol. The fourth-order valence-electron chi connectivity index (χ4n) is 2.60. The van der Waals surface area contributed by atoms with E-state index in [4.69, 9.17) is 9.47 Å². The summed E-state index contributed by atoms with van der Waals surface area (Å²) in [5.74, 6) is 1.15. The number of methoxy groups -OCH3 is 1. The van der Waals surface area contributed by atoms with Crippen LogP contribution in [-0.4, -0.2) is 60.9 Å². The standard InChI is InChI=1S/C21H34N2O4/c1-7-9-16-10-11-18(19(12-16)26-6)27-15-17(24)13-23(8-2)14-20(25)22-21(3,4)5/h7,9-12,17,24H,8,13-15H2,1-6H3,(H,22,25)/b9-7+/t17-/m0/s1. The predicted octanol–water partition coefficient (Wildman–Crippen LogP) is 2.70. The number of aliphatic hydroxyl groups excluding tert-OH is 1. The number of rotatable bonds is 10. The number of hydrogen-bond acceptors (Lipinski definition) is 5. The van der Waals surface area contributed by atoms with E-state index in [0.29, 0.717) is 24.6 Å². The summed E-state index contributed by atoms with van der Waals surface area (Å²) >= 11 is 0. The van der Waals surface area contributed by atoms with Crippen LogP contribution in [0.15, 0.2) is 24.3 Å². The molecule has 152 valence electrons. The number of aliphatic hydroxyl groups is 1. The Hall–Kier alpha value is -2.05. The van der Waals surface area contributed by atoms with Crippen molar-refractivity contribution in [2.24, 2.45) is 0 Å². The molecule has 0 heterocycles. The Kier molecular flexibility index (Phi) is 9.32. The van der Waals surface area contributed by atoms with Gasteiger partial charge in [0, 0.05) is 12.1 Å². The molecule has 0 spiro atoms. The Bertz CT molecular complexity index is 623. The topological polar surface area (TPSA) is 71.0 Å². The Morgan fingerprint density at radius 2 is 2.04 bits per heavy atom. The summed E-state index contributed by atoms with van der Waals surface area (Å²) in [7, 11) is 1.59. The van der Waals surface area contributed by atoms with Crippen LogP contribution < -0.4 is 14.8 Å². The van der Waals surface area contributed by atoms with Gasteiger partial charge in [0.25, 0.3) is 0 Å². The quantitative estimate of drug-likeness (QED) is 0.655. The molecule has 6 heteroatoms. The van der Waals surface area contributed by atoms with Gasteiger partial charge < -0.3 is 19.9 Å². The average molecular weight is 379 g/mol. The maximum absolute atomic E-state index is 12.1. The third-order valence-corrected chi connectivity index (χ3v) is 3.78. The van der Waals surface area contributed by atoms with Crippen LogP contribution in [0.4, 0.5) is 0 Å². The number of amides is 1. The van der Waals surface area contributed by atoms with Crippen molar-refractivity contribution in [1.82, 2.24) is 10.2 Å². The van der Waals surface area contributed by atoms with E-state index in [9.17, 15) is 9.90 Å². The molecular weight excluding hydrogens is 344 g/mol. The normalized spacial score (nSPS) is 13.0. The highest BCUT2D eigenvalue weighted by molar-refractivity contribution is 5.78. The lowest BCUT2D eigenvalue weighted by Crippen LogP contribution is -2.47. The molecule has 2 N–H and O–H groups in total. The molecule has 0 aliphatic rings. The van der Waals surface area contributed by atoms with E-state index in [1.54, 1.807) is 7.11 Å². The molecule has 0 unspecified atom stereocenters. The maximum Gasteiger partial charge on any atom is 0.234 e. The number of hydrogen-bond donors (Lipinski definition) is 2. The average Bonchev–Trinajstić information content (AvgIpc) is 2.58. The van der Waals surface area contributed by atoms with Gasteiger partial charge in [-0.15, -0.1) is 0 Å². The second-order valence-corrected chi connectivity index (χ2v) is 7.50. The lowest BCUT2D eigenvalue weighted by Gasteiger charge is -2.26. The van der Waals surface area contributed by atoms with Crippen LogP contribution >= 0.6 is 0 Å². The molecule has 1 rings (SSSR count). The van der Waals surface area contributed by atoms with E-state index in [2.05, 4.69) is 5.32 Å². The monoisotopic (exact) mass is 378 g/mol. The summed E-state index contributed by atoms with van der Waals surface area (Å²) in [6, 6.07) is 5.64. The van der Waals surface area contributed by atoms with Crippen molar-refractivity contribution < 1.29 is 19.4 Å². The van der Waals surface area contributed by atoms with Gasteiger partial charge in [-0.1, -0.05) is 25.1 Å². The number of nitrogens with one attached hydrogen (secondary N) is 1. The lowest BCUT2D eigenvalue weighted by atomic mass is 10.1. The molecule has 1 aromatic carbocycles. The van der Waals surface area contributed by atoms with Gasteiger partial charge in [-0.05, 0) is 51.9 Å². The Labute approximate surface area is 163 Å². The van der Waals surface area contributed by atoms with E-state index < -0.39 is 6.10 Å². The minimum atomic E-state index is -0.715. The third kappa shape index (κ3) is 8.93. The molecule has 0 aromatic heterocycles. The summed E-state index contributed by atoms with van der Waals surface area (Å²) in [6.07, 6.45) is 3.21. The van der Waals surface area contributed by atoms with Crippen molar-refractivity contribution in [2.75, 3.05) is 33.4 Å². The van der Waals surface area contributed by atoms with E-state index in [-0.39, 0.29) is 24.6 Å². The third-order valence-electron chi connectivity index (χ3n) is 3.78. The van der Waals surface area contributed by atoms with Gasteiger partial charge in [-0.2, -0.15) is 0 Å². The van der Waals surface area contributed by atoms with Crippen molar-refractivity contribution in [1.29, 1.82) is 0 Å². The first kappa shape index (κ1) is 23.0. The van der Waals surface area contributed by atoms with Crippen LogP contribution in [0.3, 0.4) is 0 Å². The van der Waals surface area contributed by atoms with Crippen molar-refractivity contribution in [3.63, 3.8) is 0 Å². The summed E-state index contributed by atoms with van der Waals surface area (Å²) in [6.45, 7) is 11.1. The van der Waals surface area contributed by atoms with Crippen molar-refractivity contribution in [3.05, 3.63) is 29.8 Å². The second kappa shape index (κ2) is 10.9. The Balaban J connectivity index is 2.58. The second-order valence-electron chi connectivity index (χ2n) is 7.50. The zero-order valence-corrected chi connectivity index (χ0v) is 17.4. The molecule has 0 aliphatic carbocycles. The van der Waals surface area contributed by atoms with E-state index in [1.165, 1.54) is 0 Å². The zero-order valence-electron chi connectivity index (χ0n) is 17.4. The van der Waals surface area contributed by atoms with Crippen LogP contribution in [0, 0.1) is 0 Å². The molecular formula is C21H34N2O4. The minimum absolute atomic E-state index is 0.0568. The fraction of sp³-hybridized carbons (Fsp3) is 0.571. The van der Waals surface area contributed by atoms with E-state index >= 15 is 0 Å². The maximum atomic E-state index is 12.1. The number of benzene rings is 1. The largest absolute Gasteiger partial charge is 0.493 e. The van der Waals surface area contributed by atoms with Crippen LogP contribution in [0.5, 0.6) is 11.5 Å². The molecule has 6 nitrogen and oxygen atoms in total. The molecule has 0 saturated heterocycles. The first-order valence-electron chi connectivity index (χ1n) is 9.33. The Morgan fingerprint density at radius 1 is 1.33 bits per heavy atom. The van der Waals surface area contributed by atoms with Gasteiger partial charge >= 0.3 is 0 Å². The van der Waals surface area contributed by atoms with Gasteiger partial charge in [0.15, 0.2) is 11.5 Å². The fourth-order valence-corrected chi connectivity index (χ4v) is 2.60. The van der Waals surface area contributed by atoms with Crippen molar-refractivity contribution in [3.8, 4) is 11.5 Å². The van der Waals surface area contributed by atoms with Gasteiger partial charge in [-0.3, -0.25) is 9.69 Å². The van der Waals surface area contributed by atoms with Crippen LogP contribution in [0.25, 0.3) is 6.08 Å². The number of carbonyl (C=O) groups is 1. The number of ether oxygens (including phenoxy) is 2. The zero-order chi connectivity index (χ0) is 20.4. The number of allylic oxidation sites excluding steroid dienone is 1. The highest BCUT2D eigenvalue weighted by atomic mass is 16.5. The minimum Gasteiger partial charge on any atom is -0.493 e. The smallest absolute Gasteiger partial charge is 0.234 e. The first-order valence-corrected chi connectivity index (χ1v) is 9.33. The Morgan fingerprint density at radius 3 is 2.59 bits per heavy atom. The molecule has 0 radical (unpaired) electrons. The summed E-state index contributed by atoms with van der Waals surface area (Å²) in [5, 5.41) is 13.2. The lowest BCUT2D eigenvalue weighted by molar-refractivity contribution is -0.124. The summed E-state index contributed by atoms with van der Waals surface area (Å²) < 4.78 is 11.1. The van der Waals surface area contributed by atoms with E-state index in [0.717, 1.165) is 5.56 Å². The van der Waals surface area contributed by atoms with Crippen molar-refractivity contribution in [2.45, 2.75) is 46.3 Å². The van der Waals surface area contributed by atoms with Crippen LogP contribution in [0.1, 0.15) is 40.2 Å². The summed E-state index contributed by atoms with van der Waals surface area (Å²) in [4.78, 5) is 14.0. The van der Waals surface area contributed by atoms with Crippen LogP contribution in [0.2, 0.25) is 0 Å². The molecule has 0 saturated carbocycles. The van der Waals surface area contributed by atoms with Gasteiger partial charge in [0.1, 0.15) is 12.7 Å². The van der Waals surface area contributed by atoms with Gasteiger partial charge in [0.05, 0.1) is 13.7 Å². The molecule has 1 aromatic rings. The molecule has 0 bridgehead atoms. The number of carbonyl (C=O) groups excluding carboxylic acids is 1. The van der Waals surface area contributed by atoms with Gasteiger partial charge in [0.2, 0.25) is 5.91 Å². The molecule has 27 heavy (non-hydrogen) atoms. The highest BCUT2D eigenvalue weighted by Crippen LogP contribution is 2.28. The summed E-state index contributed by atoms with van der Waals surface area (Å²) in [5.41, 5.74) is 0.748. The number of nitrogens with zero attached hydrogens (tertiary/aromatic N) is 1. The molecule has 0 fully saturated rings. The first-order chi connectivity index (χ1) is 12.7. The molecule has 1 atom stereocenters. The van der Waals surface area contributed by atoms with Crippen LogP contribution in [-0.2, 0) is 4.79 Å². The van der Waals surface area contributed by atoms with E-state index in [1.807, 2.05) is 69.9 Å². The van der Waals surface area contributed by atoms with Gasteiger partial charge in [-0.25, -0.2) is 0 Å². The SMILES string of the molecule is C/C=C/c1ccc(OC[C@@H](O)CN(CC)CC(=O)NC(C)(C)C)c(OC)c1. The highest BCUT2D eigenvalue weighted by Gasteiger charge is 2.18.